The summed E-state index contributed by atoms with van der Waals surface area (Å²) in [5.74, 6) is -1.70. The Morgan fingerprint density at radius 3 is 2.52 bits per heavy atom. The van der Waals surface area contributed by atoms with E-state index in [0.717, 1.165) is 45.5 Å². The second-order valence-corrected chi connectivity index (χ2v) is 6.88. The molecule has 29 heavy (non-hydrogen) atoms. The predicted octanol–water partition coefficient (Wildman–Crippen LogP) is 6.00. The van der Waals surface area contributed by atoms with Crippen LogP contribution in [0.3, 0.4) is 0 Å². The Morgan fingerprint density at radius 1 is 1.14 bits per heavy atom. The number of halogens is 3. The van der Waals surface area contributed by atoms with E-state index in [1.165, 1.54) is 6.07 Å². The molecule has 0 unspecified atom stereocenters. The van der Waals surface area contributed by atoms with Gasteiger partial charge in [0.05, 0.1) is 6.61 Å². The average Bonchev–Trinajstić information content (AvgIpc) is 3.16. The molecular weight excluding hydrogens is 442 g/mol. The molecule has 3 aromatic rings. The van der Waals surface area contributed by atoms with E-state index in [4.69, 9.17) is 4.74 Å². The van der Waals surface area contributed by atoms with Gasteiger partial charge in [-0.1, -0.05) is 35.8 Å². The van der Waals surface area contributed by atoms with Crippen molar-refractivity contribution in [1.29, 1.82) is 0 Å². The van der Waals surface area contributed by atoms with E-state index in [-0.39, 0.29) is 5.82 Å². The molecule has 0 spiro atoms. The highest BCUT2D eigenvalue weighted by Gasteiger charge is 2.18. The minimum atomic E-state index is -0.925. The summed E-state index contributed by atoms with van der Waals surface area (Å²) in [6, 6.07) is 10.6. The van der Waals surface area contributed by atoms with Crippen LogP contribution in [0.5, 0.6) is 5.75 Å². The molecule has 2 aromatic carbocycles. The fourth-order valence-corrected chi connectivity index (χ4v) is 3.56. The molecule has 0 saturated heterocycles. The van der Waals surface area contributed by atoms with E-state index >= 15 is 0 Å². The Balaban J connectivity index is 0.00000117. The molecule has 1 aliphatic heterocycles. The molecule has 0 atom stereocenters. The van der Waals surface area contributed by atoms with Crippen LogP contribution >= 0.6 is 15.9 Å². The number of carbonyl (C=O) groups is 1. The molecule has 7 heteroatoms. The first-order valence-electron chi connectivity index (χ1n) is 9.20. The highest BCUT2D eigenvalue weighted by atomic mass is 79.9. The van der Waals surface area contributed by atoms with E-state index in [2.05, 4.69) is 26.2 Å². The number of nitrogens with one attached hydrogen (secondary N) is 1. The molecule has 0 fully saturated rings. The summed E-state index contributed by atoms with van der Waals surface area (Å²) in [5.41, 5.74) is 2.23. The lowest BCUT2D eigenvalue weighted by Crippen LogP contribution is -2.16. The van der Waals surface area contributed by atoms with Crippen LogP contribution in [-0.2, 0) is 6.42 Å². The molecule has 0 radical (unpaired) electrons. The summed E-state index contributed by atoms with van der Waals surface area (Å²) < 4.78 is 33.9. The van der Waals surface area contributed by atoms with Crippen LogP contribution in [0.1, 0.15) is 29.8 Å². The van der Waals surface area contributed by atoms with Crippen LogP contribution in [0, 0.1) is 11.6 Å². The van der Waals surface area contributed by atoms with Crippen molar-refractivity contribution in [3.8, 4) is 16.9 Å². The predicted molar refractivity (Wildman–Crippen MR) is 112 cm³/mol. The van der Waals surface area contributed by atoms with Crippen molar-refractivity contribution < 1.29 is 18.3 Å². The summed E-state index contributed by atoms with van der Waals surface area (Å²) in [6.07, 6.45) is 2.46. The molecule has 150 valence electrons. The van der Waals surface area contributed by atoms with Gasteiger partial charge in [-0.15, -0.1) is 0 Å². The summed E-state index contributed by atoms with van der Waals surface area (Å²) in [4.78, 5) is 16.3. The number of hydrogen-bond acceptors (Lipinski definition) is 3. The standard InChI is InChI=1S/C20H13BrF2N2O2.C2H6/c21-14-8-11-6-7-27-17(11)9-13(14)12-4-5-18(24-10-12)25-20(26)19-15(22)2-1-3-16(19)23;1-2/h1-5,8-10H,6-7H2,(H,24,25,26);1-2H3. The maximum atomic E-state index is 13.7. The van der Waals surface area contributed by atoms with Crippen LogP contribution in [0.2, 0.25) is 0 Å². The number of ether oxygens (including phenoxy) is 1. The van der Waals surface area contributed by atoms with Gasteiger partial charge in [0.25, 0.3) is 5.91 Å². The lowest BCUT2D eigenvalue weighted by Gasteiger charge is -2.10. The average molecular weight is 461 g/mol. The number of rotatable bonds is 3. The molecule has 0 aliphatic carbocycles. The zero-order valence-corrected chi connectivity index (χ0v) is 17.5. The zero-order valence-electron chi connectivity index (χ0n) is 15.9. The molecule has 0 bridgehead atoms. The minimum absolute atomic E-state index is 0.194. The molecule has 1 amide bonds. The van der Waals surface area contributed by atoms with Crippen molar-refractivity contribution in [2.45, 2.75) is 20.3 Å². The third kappa shape index (κ3) is 4.45. The molecule has 4 rings (SSSR count). The van der Waals surface area contributed by atoms with Crippen LogP contribution in [0.4, 0.5) is 14.6 Å². The first kappa shape index (κ1) is 20.9. The van der Waals surface area contributed by atoms with E-state index in [1.54, 1.807) is 18.3 Å². The normalized spacial score (nSPS) is 11.8. The Kier molecular flexibility index (Phi) is 6.59. The largest absolute Gasteiger partial charge is 0.493 e. The van der Waals surface area contributed by atoms with Crippen LogP contribution in [0.15, 0.2) is 53.1 Å². The Morgan fingerprint density at radius 2 is 1.86 bits per heavy atom. The fraction of sp³-hybridized carbons (Fsp3) is 0.182. The number of anilines is 1. The third-order valence-electron chi connectivity index (χ3n) is 4.29. The third-order valence-corrected chi connectivity index (χ3v) is 4.94. The second kappa shape index (κ2) is 9.13. The quantitative estimate of drug-likeness (QED) is 0.521. The maximum absolute atomic E-state index is 13.7. The SMILES string of the molecule is CC.O=C(Nc1ccc(-c2cc3c(cc2Br)CCO3)cn1)c1c(F)cccc1F. The van der Waals surface area contributed by atoms with Crippen molar-refractivity contribution in [1.82, 2.24) is 4.98 Å². The van der Waals surface area contributed by atoms with Gasteiger partial charge in [-0.2, -0.15) is 0 Å². The van der Waals surface area contributed by atoms with Gasteiger partial charge in [-0.25, -0.2) is 13.8 Å². The Bertz CT molecular complexity index is 1020. The van der Waals surface area contributed by atoms with Crippen molar-refractivity contribution in [2.24, 2.45) is 0 Å². The van der Waals surface area contributed by atoms with E-state index in [9.17, 15) is 13.6 Å². The second-order valence-electron chi connectivity index (χ2n) is 6.02. The summed E-state index contributed by atoms with van der Waals surface area (Å²) >= 11 is 3.56. The molecule has 1 N–H and O–H groups in total. The van der Waals surface area contributed by atoms with Gasteiger partial charge in [-0.05, 0) is 42.0 Å². The lowest BCUT2D eigenvalue weighted by atomic mass is 10.0. The van der Waals surface area contributed by atoms with Gasteiger partial charge in [0.2, 0.25) is 0 Å². The topological polar surface area (TPSA) is 51.2 Å². The van der Waals surface area contributed by atoms with Crippen LogP contribution in [0.25, 0.3) is 11.1 Å². The van der Waals surface area contributed by atoms with Crippen molar-refractivity contribution >= 4 is 27.7 Å². The van der Waals surface area contributed by atoms with Crippen LogP contribution in [-0.4, -0.2) is 17.5 Å². The first-order valence-corrected chi connectivity index (χ1v) is 9.99. The van der Waals surface area contributed by atoms with Crippen molar-refractivity contribution in [2.75, 3.05) is 11.9 Å². The van der Waals surface area contributed by atoms with E-state index in [0.29, 0.717) is 6.61 Å². The number of nitrogens with zero attached hydrogens (tertiary/aromatic N) is 1. The highest BCUT2D eigenvalue weighted by molar-refractivity contribution is 9.10. The maximum Gasteiger partial charge on any atom is 0.262 e. The Labute approximate surface area is 176 Å². The molecule has 1 aliphatic rings. The summed E-state index contributed by atoms with van der Waals surface area (Å²) in [7, 11) is 0. The number of aromatic nitrogens is 1. The molecule has 1 aromatic heterocycles. The van der Waals surface area contributed by atoms with Gasteiger partial charge in [0, 0.05) is 28.2 Å². The van der Waals surface area contributed by atoms with Gasteiger partial charge in [0.1, 0.15) is 28.8 Å². The van der Waals surface area contributed by atoms with Gasteiger partial charge >= 0.3 is 0 Å². The summed E-state index contributed by atoms with van der Waals surface area (Å²) in [6.45, 7) is 4.67. The van der Waals surface area contributed by atoms with E-state index < -0.39 is 23.1 Å². The molecule has 4 nitrogen and oxygen atoms in total. The molecular formula is C22H19BrF2N2O2. The smallest absolute Gasteiger partial charge is 0.262 e. The lowest BCUT2D eigenvalue weighted by molar-refractivity contribution is 0.101. The number of fused-ring (bicyclic) bond motifs is 1. The number of hydrogen-bond donors (Lipinski definition) is 1. The molecule has 2 heterocycles. The van der Waals surface area contributed by atoms with Crippen molar-refractivity contribution in [3.05, 3.63) is 75.9 Å². The van der Waals surface area contributed by atoms with E-state index in [1.807, 2.05) is 26.0 Å². The monoisotopic (exact) mass is 460 g/mol. The molecule has 0 saturated carbocycles. The zero-order chi connectivity index (χ0) is 21.0. The van der Waals surface area contributed by atoms with Gasteiger partial charge in [0.15, 0.2) is 0 Å². The first-order chi connectivity index (χ1) is 14.0. The number of carbonyl (C=O) groups excluding carboxylic acids is 1. The number of benzene rings is 2. The number of amides is 1. The summed E-state index contributed by atoms with van der Waals surface area (Å²) in [5, 5.41) is 2.41. The fourth-order valence-electron chi connectivity index (χ4n) is 2.94. The van der Waals surface area contributed by atoms with Gasteiger partial charge in [-0.3, -0.25) is 4.79 Å². The number of pyridine rings is 1. The van der Waals surface area contributed by atoms with Crippen LogP contribution < -0.4 is 10.1 Å². The highest BCUT2D eigenvalue weighted by Crippen LogP contribution is 2.37. The van der Waals surface area contributed by atoms with Crippen molar-refractivity contribution in [3.63, 3.8) is 0 Å². The van der Waals surface area contributed by atoms with Gasteiger partial charge < -0.3 is 10.1 Å². The minimum Gasteiger partial charge on any atom is -0.493 e. The Hall–Kier alpha value is -2.80.